The number of carboxylic acids is 1. The summed E-state index contributed by atoms with van der Waals surface area (Å²) in [4.78, 5) is 36.9. The van der Waals surface area contributed by atoms with Crippen LogP contribution in [0.2, 0.25) is 0 Å². The first-order valence-corrected chi connectivity index (χ1v) is 12.0. The normalized spacial score (nSPS) is 18.7. The van der Waals surface area contributed by atoms with Crippen molar-refractivity contribution in [3.8, 4) is 11.1 Å². The van der Waals surface area contributed by atoms with E-state index in [1.165, 1.54) is 27.2 Å². The average molecular weight is 465 g/mol. The Morgan fingerprint density at radius 3 is 2.26 bits per heavy atom. The van der Waals surface area contributed by atoms with Crippen molar-refractivity contribution in [1.82, 2.24) is 10.2 Å². The van der Waals surface area contributed by atoms with E-state index in [0.29, 0.717) is 25.5 Å². The van der Waals surface area contributed by atoms with Crippen molar-refractivity contribution in [3.63, 3.8) is 0 Å². The molecule has 2 atom stereocenters. The van der Waals surface area contributed by atoms with E-state index in [1.807, 2.05) is 24.3 Å². The van der Waals surface area contributed by atoms with Crippen molar-refractivity contribution < 1.29 is 24.2 Å². The van der Waals surface area contributed by atoms with E-state index >= 15 is 0 Å². The Hall–Kier alpha value is -3.35. The molecule has 4 rings (SSSR count). The molecule has 0 heterocycles. The quantitative estimate of drug-likeness (QED) is 0.578. The lowest BCUT2D eigenvalue weighted by Crippen LogP contribution is -2.31. The Morgan fingerprint density at radius 1 is 1.00 bits per heavy atom. The van der Waals surface area contributed by atoms with Crippen molar-refractivity contribution in [3.05, 3.63) is 59.7 Å². The number of nitrogens with zero attached hydrogens (tertiary/aromatic N) is 1. The molecule has 1 fully saturated rings. The number of ether oxygens (including phenoxy) is 1. The van der Waals surface area contributed by atoms with Crippen molar-refractivity contribution in [2.75, 3.05) is 26.7 Å². The summed E-state index contributed by atoms with van der Waals surface area (Å²) in [5.74, 6) is -0.286. The van der Waals surface area contributed by atoms with Crippen molar-refractivity contribution in [2.24, 2.45) is 11.8 Å². The van der Waals surface area contributed by atoms with Gasteiger partial charge in [0.25, 0.3) is 0 Å². The van der Waals surface area contributed by atoms with Crippen LogP contribution in [0.5, 0.6) is 0 Å². The number of carbonyl (C=O) groups is 3. The highest BCUT2D eigenvalue weighted by molar-refractivity contribution is 5.79. The molecule has 2 aromatic carbocycles. The summed E-state index contributed by atoms with van der Waals surface area (Å²) in [5.41, 5.74) is 4.78. The van der Waals surface area contributed by atoms with Gasteiger partial charge in [0.15, 0.2) is 0 Å². The van der Waals surface area contributed by atoms with Gasteiger partial charge in [0.05, 0.1) is 6.42 Å². The summed E-state index contributed by atoms with van der Waals surface area (Å²) in [5, 5.41) is 11.7. The molecule has 180 valence electrons. The van der Waals surface area contributed by atoms with E-state index in [2.05, 4.69) is 29.6 Å². The van der Waals surface area contributed by atoms with Crippen molar-refractivity contribution in [1.29, 1.82) is 0 Å². The van der Waals surface area contributed by atoms with E-state index in [9.17, 15) is 14.4 Å². The average Bonchev–Trinajstić information content (AvgIpc) is 3.42. The predicted molar refractivity (Wildman–Crippen MR) is 128 cm³/mol. The highest BCUT2D eigenvalue weighted by atomic mass is 16.5. The van der Waals surface area contributed by atoms with Crippen LogP contribution >= 0.6 is 0 Å². The molecule has 7 nitrogen and oxygen atoms in total. The molecule has 2 amide bonds. The molecular weight excluding hydrogens is 432 g/mol. The summed E-state index contributed by atoms with van der Waals surface area (Å²) < 4.78 is 5.61. The molecule has 2 unspecified atom stereocenters. The highest BCUT2D eigenvalue weighted by Crippen LogP contribution is 2.44. The number of carbonyl (C=O) groups excluding carboxylic acids is 2. The Bertz CT molecular complexity index is 1010. The molecule has 0 saturated heterocycles. The molecule has 0 aliphatic heterocycles. The topological polar surface area (TPSA) is 95.9 Å². The van der Waals surface area contributed by atoms with E-state index in [4.69, 9.17) is 9.84 Å². The Labute approximate surface area is 200 Å². The smallest absolute Gasteiger partial charge is 0.407 e. The fourth-order valence-electron chi connectivity index (χ4n) is 5.22. The molecule has 34 heavy (non-hydrogen) atoms. The summed E-state index contributed by atoms with van der Waals surface area (Å²) in [6.45, 7) is 1.06. The van der Waals surface area contributed by atoms with Crippen LogP contribution in [0.15, 0.2) is 48.5 Å². The standard InChI is InChI=1S/C27H32N2O5/c1-29(13-12-26(31)32)25(30)15-18-10-11-19(14-18)16-28-27(33)34-17-24-22-8-4-2-6-20(22)21-7-3-5-9-23(21)24/h2-9,18-19,24H,10-17H2,1H3,(H,28,33)(H,31,32). The van der Waals surface area contributed by atoms with Crippen LogP contribution in [0.25, 0.3) is 11.1 Å². The third-order valence-corrected chi connectivity index (χ3v) is 7.08. The van der Waals surface area contributed by atoms with Crippen LogP contribution in [-0.2, 0) is 14.3 Å². The number of rotatable bonds is 9. The van der Waals surface area contributed by atoms with Gasteiger partial charge >= 0.3 is 12.1 Å². The number of aliphatic carboxylic acids is 1. The van der Waals surface area contributed by atoms with Crippen molar-refractivity contribution in [2.45, 2.75) is 38.0 Å². The number of alkyl carbamates (subject to hydrolysis) is 1. The maximum absolute atomic E-state index is 12.4. The monoisotopic (exact) mass is 464 g/mol. The number of amides is 2. The molecule has 2 aromatic rings. The molecule has 1 saturated carbocycles. The molecule has 7 heteroatoms. The van der Waals surface area contributed by atoms with Gasteiger partial charge in [-0.25, -0.2) is 4.79 Å². The lowest BCUT2D eigenvalue weighted by molar-refractivity contribution is -0.138. The van der Waals surface area contributed by atoms with Crippen LogP contribution in [0.1, 0.15) is 49.1 Å². The van der Waals surface area contributed by atoms with Crippen LogP contribution in [0.4, 0.5) is 4.79 Å². The number of benzene rings is 2. The maximum atomic E-state index is 12.4. The van der Waals surface area contributed by atoms with Crippen LogP contribution < -0.4 is 5.32 Å². The fourth-order valence-corrected chi connectivity index (χ4v) is 5.22. The molecule has 2 aliphatic rings. The maximum Gasteiger partial charge on any atom is 0.407 e. The zero-order valence-corrected chi connectivity index (χ0v) is 19.5. The van der Waals surface area contributed by atoms with E-state index in [1.54, 1.807) is 7.05 Å². The molecule has 0 spiro atoms. The minimum atomic E-state index is -0.903. The molecule has 0 aromatic heterocycles. The minimum absolute atomic E-state index is 0.0172. The lowest BCUT2D eigenvalue weighted by Gasteiger charge is -2.19. The predicted octanol–water partition coefficient (Wildman–Crippen LogP) is 4.26. The second-order valence-electron chi connectivity index (χ2n) is 9.41. The third kappa shape index (κ3) is 5.58. The van der Waals surface area contributed by atoms with E-state index in [0.717, 1.165) is 19.3 Å². The van der Waals surface area contributed by atoms with Gasteiger partial charge < -0.3 is 20.1 Å². The second kappa shape index (κ2) is 10.7. The van der Waals surface area contributed by atoms with Crippen LogP contribution in [0.3, 0.4) is 0 Å². The summed E-state index contributed by atoms with van der Waals surface area (Å²) in [6.07, 6.45) is 2.75. The van der Waals surface area contributed by atoms with Gasteiger partial charge in [-0.15, -0.1) is 0 Å². The lowest BCUT2D eigenvalue weighted by atomic mass is 9.98. The summed E-state index contributed by atoms with van der Waals surface area (Å²) in [7, 11) is 1.65. The number of hydrogen-bond donors (Lipinski definition) is 2. The summed E-state index contributed by atoms with van der Waals surface area (Å²) >= 11 is 0. The van der Waals surface area contributed by atoms with Gasteiger partial charge in [-0.2, -0.15) is 0 Å². The number of carboxylic acid groups (broad SMARTS) is 1. The Morgan fingerprint density at radius 2 is 1.62 bits per heavy atom. The van der Waals surface area contributed by atoms with Gasteiger partial charge in [0.2, 0.25) is 5.91 Å². The first kappa shape index (κ1) is 23.8. The van der Waals surface area contributed by atoms with Crippen LogP contribution in [0, 0.1) is 11.8 Å². The molecule has 0 radical (unpaired) electrons. The third-order valence-electron chi connectivity index (χ3n) is 7.08. The second-order valence-corrected chi connectivity index (χ2v) is 9.41. The fraction of sp³-hybridized carbons (Fsp3) is 0.444. The van der Waals surface area contributed by atoms with Crippen molar-refractivity contribution >= 4 is 18.0 Å². The van der Waals surface area contributed by atoms with Gasteiger partial charge in [-0.1, -0.05) is 48.5 Å². The first-order valence-electron chi connectivity index (χ1n) is 12.0. The number of hydrogen-bond acceptors (Lipinski definition) is 4. The summed E-state index contributed by atoms with van der Waals surface area (Å²) in [6, 6.07) is 16.5. The molecule has 2 N–H and O–H groups in total. The molecule has 0 bridgehead atoms. The molecular formula is C27H32N2O5. The van der Waals surface area contributed by atoms with Gasteiger partial charge in [-0.05, 0) is 53.4 Å². The molecule has 2 aliphatic carbocycles. The Balaban J connectivity index is 1.21. The highest BCUT2D eigenvalue weighted by Gasteiger charge is 2.30. The number of nitrogens with one attached hydrogen (secondary N) is 1. The van der Waals surface area contributed by atoms with Gasteiger partial charge in [-0.3, -0.25) is 9.59 Å². The van der Waals surface area contributed by atoms with Gasteiger partial charge in [0.1, 0.15) is 6.61 Å². The Kier molecular flexibility index (Phi) is 7.50. The van der Waals surface area contributed by atoms with E-state index in [-0.39, 0.29) is 30.7 Å². The van der Waals surface area contributed by atoms with Gasteiger partial charge in [0, 0.05) is 32.5 Å². The largest absolute Gasteiger partial charge is 0.481 e. The first-order chi connectivity index (χ1) is 16.4. The van der Waals surface area contributed by atoms with E-state index < -0.39 is 12.1 Å². The zero-order valence-electron chi connectivity index (χ0n) is 19.5. The SMILES string of the molecule is CN(CCC(=O)O)C(=O)CC1CCC(CNC(=O)OCC2c3ccccc3-c3ccccc32)C1. The van der Waals surface area contributed by atoms with Crippen LogP contribution in [-0.4, -0.2) is 54.7 Å². The number of fused-ring (bicyclic) bond motifs is 3. The minimum Gasteiger partial charge on any atom is -0.481 e. The zero-order chi connectivity index (χ0) is 24.1.